The fraction of sp³-hybridized carbons (Fsp3) is 0.526. The molecule has 0 spiro atoms. The molecule has 0 saturated carbocycles. The van der Waals surface area contributed by atoms with Crippen molar-refractivity contribution >= 4 is 29.1 Å². The van der Waals surface area contributed by atoms with Crippen LogP contribution in [0.1, 0.15) is 43.2 Å². The van der Waals surface area contributed by atoms with E-state index < -0.39 is 11.8 Å². The fourth-order valence-electron chi connectivity index (χ4n) is 4.05. The molecule has 4 rings (SSSR count). The van der Waals surface area contributed by atoms with E-state index in [-0.39, 0.29) is 17.9 Å². The maximum atomic E-state index is 12.4. The van der Waals surface area contributed by atoms with Crippen LogP contribution < -0.4 is 15.5 Å². The van der Waals surface area contributed by atoms with E-state index in [4.69, 9.17) is 4.74 Å². The third-order valence-electron chi connectivity index (χ3n) is 5.40. The van der Waals surface area contributed by atoms with Crippen LogP contribution in [0.3, 0.4) is 0 Å². The molecule has 1 aromatic carbocycles. The van der Waals surface area contributed by atoms with Crippen molar-refractivity contribution in [2.75, 3.05) is 29.9 Å². The summed E-state index contributed by atoms with van der Waals surface area (Å²) in [5, 5.41) is 5.30. The first-order valence-corrected chi connectivity index (χ1v) is 9.23. The van der Waals surface area contributed by atoms with Crippen LogP contribution in [-0.4, -0.2) is 43.5 Å². The summed E-state index contributed by atoms with van der Waals surface area (Å²) < 4.78 is 5.44. The Morgan fingerprint density at radius 2 is 2.12 bits per heavy atom. The Kier molecular flexibility index (Phi) is 4.40. The van der Waals surface area contributed by atoms with Gasteiger partial charge in [0, 0.05) is 25.4 Å². The van der Waals surface area contributed by atoms with Crippen molar-refractivity contribution in [2.45, 2.75) is 44.6 Å². The second-order valence-corrected chi connectivity index (χ2v) is 7.19. The van der Waals surface area contributed by atoms with Gasteiger partial charge >= 0.3 is 11.8 Å². The second kappa shape index (κ2) is 6.72. The summed E-state index contributed by atoms with van der Waals surface area (Å²) >= 11 is 0. The lowest BCUT2D eigenvalue weighted by Gasteiger charge is -2.26. The Morgan fingerprint density at radius 3 is 2.88 bits per heavy atom. The smallest absolute Gasteiger partial charge is 0.313 e. The zero-order chi connectivity index (χ0) is 18.3. The van der Waals surface area contributed by atoms with Crippen LogP contribution in [0.5, 0.6) is 0 Å². The highest BCUT2D eigenvalue weighted by atomic mass is 16.5. The molecule has 1 aromatic rings. The van der Waals surface area contributed by atoms with E-state index in [9.17, 15) is 14.4 Å². The van der Waals surface area contributed by atoms with Crippen molar-refractivity contribution in [3.8, 4) is 0 Å². The van der Waals surface area contributed by atoms with Gasteiger partial charge in [-0.15, -0.1) is 0 Å². The van der Waals surface area contributed by atoms with Crippen molar-refractivity contribution in [1.82, 2.24) is 5.32 Å². The van der Waals surface area contributed by atoms with Crippen molar-refractivity contribution < 1.29 is 19.1 Å². The molecule has 0 bridgehead atoms. The van der Waals surface area contributed by atoms with Crippen LogP contribution in [0, 0.1) is 0 Å². The largest absolute Gasteiger partial charge is 0.376 e. The summed E-state index contributed by atoms with van der Waals surface area (Å²) in [6, 6.07) is 3.69. The minimum Gasteiger partial charge on any atom is -0.376 e. The SMILES string of the molecule is C[C@@H]1C(=O)N2CCCc3cc(NC(=O)C(=O)NC[C@@H]4CCCO4)cc1c32. The number of carbonyl (C=O) groups is 3. The summed E-state index contributed by atoms with van der Waals surface area (Å²) in [6.07, 6.45) is 3.66. The molecule has 0 aromatic heterocycles. The average Bonchev–Trinajstić information content (AvgIpc) is 3.24. The highest BCUT2D eigenvalue weighted by molar-refractivity contribution is 6.39. The normalized spacial score (nSPS) is 23.7. The first-order valence-electron chi connectivity index (χ1n) is 9.23. The monoisotopic (exact) mass is 357 g/mol. The van der Waals surface area contributed by atoms with Crippen LogP contribution in [0.25, 0.3) is 0 Å². The predicted octanol–water partition coefficient (Wildman–Crippen LogP) is 1.32. The maximum absolute atomic E-state index is 12.4. The minimum absolute atomic E-state index is 0.00551. The van der Waals surface area contributed by atoms with Crippen LogP contribution in [0.2, 0.25) is 0 Å². The maximum Gasteiger partial charge on any atom is 0.313 e. The van der Waals surface area contributed by atoms with E-state index in [1.54, 1.807) is 0 Å². The minimum atomic E-state index is -0.695. The molecule has 7 nitrogen and oxygen atoms in total. The van der Waals surface area contributed by atoms with Gasteiger partial charge in [0.25, 0.3) is 0 Å². The third kappa shape index (κ3) is 2.96. The van der Waals surface area contributed by atoms with Crippen molar-refractivity contribution in [3.63, 3.8) is 0 Å². The highest BCUT2D eigenvalue weighted by Crippen LogP contribution is 2.44. The van der Waals surface area contributed by atoms with Gasteiger partial charge in [-0.05, 0) is 55.9 Å². The molecule has 0 radical (unpaired) electrons. The molecule has 1 saturated heterocycles. The van der Waals surface area contributed by atoms with Crippen LogP contribution in [0.15, 0.2) is 12.1 Å². The van der Waals surface area contributed by atoms with Gasteiger partial charge in [0.1, 0.15) is 0 Å². The lowest BCUT2D eigenvalue weighted by Crippen LogP contribution is -2.39. The molecule has 26 heavy (non-hydrogen) atoms. The van der Waals surface area contributed by atoms with Gasteiger partial charge in [-0.25, -0.2) is 0 Å². The van der Waals surface area contributed by atoms with Gasteiger partial charge in [-0.3, -0.25) is 14.4 Å². The number of nitrogens with one attached hydrogen (secondary N) is 2. The standard InChI is InChI=1S/C19H23N3O4/c1-11-15-9-13(8-12-4-2-6-22(16(12)15)19(11)25)21-18(24)17(23)20-10-14-5-3-7-26-14/h8-9,11,14H,2-7,10H2,1H3,(H,20,23)(H,21,24)/t11-,14-/m0/s1. The van der Waals surface area contributed by atoms with Crippen molar-refractivity contribution in [3.05, 3.63) is 23.3 Å². The first kappa shape index (κ1) is 17.0. The number of hydrogen-bond donors (Lipinski definition) is 2. The molecule has 7 heteroatoms. The van der Waals surface area contributed by atoms with Gasteiger partial charge in [0.15, 0.2) is 0 Å². The molecular weight excluding hydrogens is 334 g/mol. The number of aryl methyl sites for hydroxylation is 1. The summed E-state index contributed by atoms with van der Waals surface area (Å²) in [7, 11) is 0. The van der Waals surface area contributed by atoms with Crippen molar-refractivity contribution in [2.24, 2.45) is 0 Å². The van der Waals surface area contributed by atoms with Gasteiger partial charge in [-0.1, -0.05) is 0 Å². The molecule has 3 aliphatic rings. The number of carbonyl (C=O) groups excluding carboxylic acids is 3. The van der Waals surface area contributed by atoms with Gasteiger partial charge in [0.2, 0.25) is 5.91 Å². The van der Waals surface area contributed by atoms with Gasteiger partial charge < -0.3 is 20.3 Å². The highest BCUT2D eigenvalue weighted by Gasteiger charge is 2.38. The van der Waals surface area contributed by atoms with E-state index in [0.717, 1.165) is 49.0 Å². The molecular formula is C19H23N3O4. The first-order chi connectivity index (χ1) is 12.5. The Bertz CT molecular complexity index is 770. The number of amides is 3. The Labute approximate surface area is 152 Å². The topological polar surface area (TPSA) is 87.7 Å². The molecule has 3 aliphatic heterocycles. The Hall–Kier alpha value is -2.41. The molecule has 0 unspecified atom stereocenters. The van der Waals surface area contributed by atoms with E-state index in [1.807, 2.05) is 24.0 Å². The van der Waals surface area contributed by atoms with Gasteiger partial charge in [-0.2, -0.15) is 0 Å². The predicted molar refractivity (Wildman–Crippen MR) is 96.1 cm³/mol. The number of hydrogen-bond acceptors (Lipinski definition) is 4. The molecule has 1 fully saturated rings. The summed E-state index contributed by atoms with van der Waals surface area (Å²) in [6.45, 7) is 3.69. The Balaban J connectivity index is 1.46. The lowest BCUT2D eigenvalue weighted by molar-refractivity contribution is -0.136. The van der Waals surface area contributed by atoms with Gasteiger partial charge in [0.05, 0.1) is 17.7 Å². The third-order valence-corrected chi connectivity index (χ3v) is 5.40. The number of ether oxygens (including phenoxy) is 1. The molecule has 2 atom stereocenters. The van der Waals surface area contributed by atoms with Crippen LogP contribution in [-0.2, 0) is 25.5 Å². The number of nitrogens with zero attached hydrogens (tertiary/aromatic N) is 1. The summed E-state index contributed by atoms with van der Waals surface area (Å²) in [5.74, 6) is -1.47. The van der Waals surface area contributed by atoms with E-state index in [1.165, 1.54) is 0 Å². The number of anilines is 2. The van der Waals surface area contributed by atoms with E-state index in [0.29, 0.717) is 18.8 Å². The lowest BCUT2D eigenvalue weighted by atomic mass is 9.96. The van der Waals surface area contributed by atoms with E-state index in [2.05, 4.69) is 10.6 Å². The molecule has 138 valence electrons. The molecule has 0 aliphatic carbocycles. The fourth-order valence-corrected chi connectivity index (χ4v) is 4.05. The zero-order valence-electron chi connectivity index (χ0n) is 14.8. The molecule has 3 amide bonds. The van der Waals surface area contributed by atoms with Crippen LogP contribution in [0.4, 0.5) is 11.4 Å². The number of benzene rings is 1. The molecule has 2 N–H and O–H groups in total. The second-order valence-electron chi connectivity index (χ2n) is 7.19. The number of rotatable bonds is 3. The van der Waals surface area contributed by atoms with E-state index >= 15 is 0 Å². The van der Waals surface area contributed by atoms with Crippen molar-refractivity contribution in [1.29, 1.82) is 0 Å². The van der Waals surface area contributed by atoms with Crippen LogP contribution >= 0.6 is 0 Å². The summed E-state index contributed by atoms with van der Waals surface area (Å²) in [5.41, 5.74) is 3.55. The quantitative estimate of drug-likeness (QED) is 0.799. The molecule has 3 heterocycles. The zero-order valence-corrected chi connectivity index (χ0v) is 14.8. The Morgan fingerprint density at radius 1 is 1.27 bits per heavy atom. The summed E-state index contributed by atoms with van der Waals surface area (Å²) in [4.78, 5) is 38.5. The average molecular weight is 357 g/mol.